The Morgan fingerprint density at radius 3 is 2.59 bits per heavy atom. The molecule has 3 N–H and O–H groups in total. The lowest BCUT2D eigenvalue weighted by Crippen LogP contribution is -2.03. The fraction of sp³-hybridized carbons (Fsp3) is 0.235. The molecule has 0 saturated carbocycles. The zero-order valence-electron chi connectivity index (χ0n) is 12.7. The van der Waals surface area contributed by atoms with Crippen LogP contribution >= 0.6 is 24.8 Å². The fourth-order valence-electron chi connectivity index (χ4n) is 2.55. The minimum absolute atomic E-state index is 0. The molecular formula is C17H21Cl2N3. The summed E-state index contributed by atoms with van der Waals surface area (Å²) in [5.41, 5.74) is 12.8. The molecule has 5 heteroatoms. The molecule has 2 aromatic carbocycles. The molecule has 0 fully saturated rings. The van der Waals surface area contributed by atoms with Crippen molar-refractivity contribution in [2.24, 2.45) is 5.73 Å². The molecule has 0 unspecified atom stereocenters. The van der Waals surface area contributed by atoms with Gasteiger partial charge in [0.15, 0.2) is 0 Å². The Labute approximate surface area is 143 Å². The number of nitrogens with two attached hydrogens (primary N) is 1. The quantitative estimate of drug-likeness (QED) is 0.752. The number of H-pyrrole nitrogens is 1. The molecule has 3 nitrogen and oxygen atoms in total. The second-order valence-electron chi connectivity index (χ2n) is 5.20. The molecule has 0 aliphatic heterocycles. The van der Waals surface area contributed by atoms with E-state index in [1.807, 2.05) is 0 Å². The average Bonchev–Trinajstić information content (AvgIpc) is 2.83. The summed E-state index contributed by atoms with van der Waals surface area (Å²) in [5, 5.41) is 0. The Hall–Kier alpha value is -1.55. The van der Waals surface area contributed by atoms with Gasteiger partial charge < -0.3 is 10.7 Å². The van der Waals surface area contributed by atoms with Crippen LogP contribution in [0.15, 0.2) is 36.4 Å². The Bertz CT molecular complexity index is 766. The number of nitrogens with zero attached hydrogens (tertiary/aromatic N) is 1. The van der Waals surface area contributed by atoms with Gasteiger partial charge in [-0.05, 0) is 54.8 Å². The van der Waals surface area contributed by atoms with Crippen LogP contribution in [0, 0.1) is 13.8 Å². The molecule has 0 atom stereocenters. The third-order valence-corrected chi connectivity index (χ3v) is 3.83. The Balaban J connectivity index is 0.00000121. The summed E-state index contributed by atoms with van der Waals surface area (Å²) in [6.07, 6.45) is 0.785. The molecule has 0 amide bonds. The van der Waals surface area contributed by atoms with Crippen molar-refractivity contribution >= 4 is 35.8 Å². The van der Waals surface area contributed by atoms with Crippen LogP contribution in [-0.2, 0) is 6.42 Å². The second kappa shape index (κ2) is 7.63. The van der Waals surface area contributed by atoms with Crippen LogP contribution in [0.1, 0.15) is 17.0 Å². The van der Waals surface area contributed by atoms with Crippen LogP contribution in [0.25, 0.3) is 22.2 Å². The first-order chi connectivity index (χ1) is 9.69. The highest BCUT2D eigenvalue weighted by molar-refractivity contribution is 5.85. The maximum absolute atomic E-state index is 5.58. The number of nitrogens with one attached hydrogen (secondary N) is 1. The van der Waals surface area contributed by atoms with E-state index in [0.29, 0.717) is 6.54 Å². The lowest BCUT2D eigenvalue weighted by Gasteiger charge is -2.08. The zero-order chi connectivity index (χ0) is 14.1. The Kier molecular flexibility index (Phi) is 6.42. The van der Waals surface area contributed by atoms with Gasteiger partial charge in [-0.2, -0.15) is 0 Å². The summed E-state index contributed by atoms with van der Waals surface area (Å²) in [7, 11) is 0. The molecule has 0 aliphatic rings. The van der Waals surface area contributed by atoms with Gasteiger partial charge in [0, 0.05) is 6.42 Å². The van der Waals surface area contributed by atoms with Crippen molar-refractivity contribution in [1.29, 1.82) is 0 Å². The summed E-state index contributed by atoms with van der Waals surface area (Å²) in [4.78, 5) is 7.89. The van der Waals surface area contributed by atoms with Gasteiger partial charge in [0.1, 0.15) is 5.82 Å². The molecule has 1 aromatic heterocycles. The molecule has 0 bridgehead atoms. The summed E-state index contributed by atoms with van der Waals surface area (Å²) in [5.74, 6) is 0.959. The minimum Gasteiger partial charge on any atom is -0.342 e. The number of hydrogen-bond acceptors (Lipinski definition) is 2. The predicted molar refractivity (Wildman–Crippen MR) is 98.3 cm³/mol. The van der Waals surface area contributed by atoms with E-state index >= 15 is 0 Å². The van der Waals surface area contributed by atoms with Gasteiger partial charge in [0.05, 0.1) is 11.0 Å². The lowest BCUT2D eigenvalue weighted by atomic mass is 9.97. The van der Waals surface area contributed by atoms with Crippen molar-refractivity contribution in [3.8, 4) is 11.1 Å². The van der Waals surface area contributed by atoms with Crippen LogP contribution in [0.5, 0.6) is 0 Å². The molecule has 0 aliphatic carbocycles. The molecular weight excluding hydrogens is 317 g/mol. The largest absolute Gasteiger partial charge is 0.342 e. The highest BCUT2D eigenvalue weighted by atomic mass is 35.5. The summed E-state index contributed by atoms with van der Waals surface area (Å²) in [6, 6.07) is 12.8. The number of benzene rings is 2. The smallest absolute Gasteiger partial charge is 0.108 e. The van der Waals surface area contributed by atoms with E-state index in [0.717, 1.165) is 23.3 Å². The SMILES string of the molecule is Cc1cccc(-c2ccc3nc(CCN)[nH]c3c2)c1C.Cl.Cl. The van der Waals surface area contributed by atoms with E-state index in [1.54, 1.807) is 0 Å². The summed E-state index contributed by atoms with van der Waals surface area (Å²) in [6.45, 7) is 4.93. The van der Waals surface area contributed by atoms with Crippen molar-refractivity contribution in [2.75, 3.05) is 6.54 Å². The van der Waals surface area contributed by atoms with E-state index in [-0.39, 0.29) is 24.8 Å². The number of imidazole rings is 1. The maximum atomic E-state index is 5.58. The van der Waals surface area contributed by atoms with Crippen LogP contribution in [-0.4, -0.2) is 16.5 Å². The first-order valence-electron chi connectivity index (χ1n) is 6.94. The maximum Gasteiger partial charge on any atom is 0.108 e. The van der Waals surface area contributed by atoms with Crippen molar-refractivity contribution < 1.29 is 0 Å². The van der Waals surface area contributed by atoms with Crippen LogP contribution < -0.4 is 5.73 Å². The number of aromatic amines is 1. The number of rotatable bonds is 3. The second-order valence-corrected chi connectivity index (χ2v) is 5.20. The fourth-order valence-corrected chi connectivity index (χ4v) is 2.55. The first-order valence-corrected chi connectivity index (χ1v) is 6.94. The predicted octanol–water partition coefficient (Wildman–Crippen LogP) is 4.19. The van der Waals surface area contributed by atoms with Crippen molar-refractivity contribution in [2.45, 2.75) is 20.3 Å². The van der Waals surface area contributed by atoms with E-state index in [1.165, 1.54) is 22.3 Å². The summed E-state index contributed by atoms with van der Waals surface area (Å²) < 4.78 is 0. The van der Waals surface area contributed by atoms with Gasteiger partial charge in [0.2, 0.25) is 0 Å². The van der Waals surface area contributed by atoms with Crippen molar-refractivity contribution in [1.82, 2.24) is 9.97 Å². The monoisotopic (exact) mass is 337 g/mol. The van der Waals surface area contributed by atoms with Crippen LogP contribution in [0.2, 0.25) is 0 Å². The highest BCUT2D eigenvalue weighted by Gasteiger charge is 2.07. The number of aromatic nitrogens is 2. The number of aryl methyl sites for hydroxylation is 1. The van der Waals surface area contributed by atoms with Crippen LogP contribution in [0.3, 0.4) is 0 Å². The Morgan fingerprint density at radius 1 is 1.09 bits per heavy atom. The summed E-state index contributed by atoms with van der Waals surface area (Å²) >= 11 is 0. The van der Waals surface area contributed by atoms with Gasteiger partial charge in [-0.25, -0.2) is 4.98 Å². The van der Waals surface area contributed by atoms with Gasteiger partial charge >= 0.3 is 0 Å². The normalized spacial score (nSPS) is 10.1. The third-order valence-electron chi connectivity index (χ3n) is 3.83. The molecule has 3 aromatic rings. The first kappa shape index (κ1) is 18.5. The van der Waals surface area contributed by atoms with Gasteiger partial charge in [-0.15, -0.1) is 24.8 Å². The van der Waals surface area contributed by atoms with Crippen molar-refractivity contribution in [3.05, 3.63) is 53.3 Å². The highest BCUT2D eigenvalue weighted by Crippen LogP contribution is 2.27. The van der Waals surface area contributed by atoms with E-state index in [2.05, 4.69) is 60.2 Å². The molecule has 0 saturated heterocycles. The number of halogens is 2. The molecule has 3 rings (SSSR count). The average molecular weight is 338 g/mol. The van der Waals surface area contributed by atoms with Gasteiger partial charge in [-0.3, -0.25) is 0 Å². The van der Waals surface area contributed by atoms with E-state index in [9.17, 15) is 0 Å². The molecule has 1 heterocycles. The molecule has 118 valence electrons. The Morgan fingerprint density at radius 2 is 1.86 bits per heavy atom. The number of fused-ring (bicyclic) bond motifs is 1. The minimum atomic E-state index is 0. The zero-order valence-corrected chi connectivity index (χ0v) is 14.4. The molecule has 0 spiro atoms. The van der Waals surface area contributed by atoms with Crippen molar-refractivity contribution in [3.63, 3.8) is 0 Å². The standard InChI is InChI=1S/C17H19N3.2ClH/c1-11-4-3-5-14(12(11)2)13-6-7-15-16(10-13)20-17(19-15)8-9-18;;/h3-7,10H,8-9,18H2,1-2H3,(H,19,20);2*1H. The van der Waals surface area contributed by atoms with E-state index < -0.39 is 0 Å². The third kappa shape index (κ3) is 3.43. The number of hydrogen-bond donors (Lipinski definition) is 2. The van der Waals surface area contributed by atoms with Crippen LogP contribution in [0.4, 0.5) is 0 Å². The lowest BCUT2D eigenvalue weighted by molar-refractivity contribution is 0.900. The van der Waals surface area contributed by atoms with E-state index in [4.69, 9.17) is 5.73 Å². The topological polar surface area (TPSA) is 54.7 Å². The van der Waals surface area contributed by atoms with Gasteiger partial charge in [-0.1, -0.05) is 24.3 Å². The molecule has 0 radical (unpaired) electrons. The molecule has 22 heavy (non-hydrogen) atoms. The van der Waals surface area contributed by atoms with Gasteiger partial charge in [0.25, 0.3) is 0 Å².